The molecule has 0 fully saturated rings. The molecule has 0 radical (unpaired) electrons. The Bertz CT molecular complexity index is 1630. The van der Waals surface area contributed by atoms with Crippen molar-refractivity contribution in [2.75, 3.05) is 0 Å². The molecule has 7 rings (SSSR count). The van der Waals surface area contributed by atoms with Crippen molar-refractivity contribution in [1.82, 2.24) is 9.38 Å². The van der Waals surface area contributed by atoms with Crippen molar-refractivity contribution in [3.8, 4) is 0 Å². The molecule has 0 saturated carbocycles. The minimum Gasteiger partial charge on any atom is -0.308 e. The summed E-state index contributed by atoms with van der Waals surface area (Å²) in [6.07, 6.45) is 1.93. The minimum atomic E-state index is 1.10. The second-order valence-corrected chi connectivity index (χ2v) is 7.85. The Hall–Kier alpha value is -3.17. The van der Waals surface area contributed by atoms with Gasteiger partial charge in [0.2, 0.25) is 0 Å². The summed E-state index contributed by atoms with van der Waals surface area (Å²) in [6, 6.07) is 22.2. The average molecular weight is 348 g/mol. The van der Waals surface area contributed by atoms with Crippen molar-refractivity contribution in [2.24, 2.45) is 0 Å². The summed E-state index contributed by atoms with van der Waals surface area (Å²) >= 11 is 1.80. The highest BCUT2D eigenvalue weighted by molar-refractivity contribution is 7.17. The van der Waals surface area contributed by atoms with Crippen molar-refractivity contribution in [1.29, 1.82) is 0 Å². The Labute approximate surface area is 152 Å². The molecule has 7 aromatic rings. The smallest absolute Gasteiger partial charge is 0.0822 e. The Kier molecular flexibility index (Phi) is 2.17. The van der Waals surface area contributed by atoms with Crippen LogP contribution in [0.3, 0.4) is 0 Å². The SMILES string of the molecule is c1ccc2c(c1)c1ccc3ccnc4c5cc6ccsc6cc5n2c1c34. The fourth-order valence-corrected chi connectivity index (χ4v) is 5.35. The highest BCUT2D eigenvalue weighted by atomic mass is 32.1. The Morgan fingerprint density at radius 3 is 2.73 bits per heavy atom. The van der Waals surface area contributed by atoms with Crippen LogP contribution in [0.25, 0.3) is 59.1 Å². The van der Waals surface area contributed by atoms with Gasteiger partial charge in [0, 0.05) is 32.4 Å². The van der Waals surface area contributed by atoms with Gasteiger partial charge >= 0.3 is 0 Å². The van der Waals surface area contributed by atoms with Crippen molar-refractivity contribution in [3.63, 3.8) is 0 Å². The number of benzene rings is 3. The zero-order valence-electron chi connectivity index (χ0n) is 13.7. The maximum atomic E-state index is 4.81. The Morgan fingerprint density at radius 2 is 1.73 bits per heavy atom. The molecule has 3 aromatic carbocycles. The first-order valence-corrected chi connectivity index (χ1v) is 9.61. The zero-order valence-corrected chi connectivity index (χ0v) is 14.5. The van der Waals surface area contributed by atoms with E-state index in [1.54, 1.807) is 11.3 Å². The predicted molar refractivity (Wildman–Crippen MR) is 112 cm³/mol. The van der Waals surface area contributed by atoms with E-state index in [9.17, 15) is 0 Å². The summed E-state index contributed by atoms with van der Waals surface area (Å²) in [5, 5.41) is 9.81. The van der Waals surface area contributed by atoms with E-state index >= 15 is 0 Å². The number of rotatable bonds is 0. The minimum absolute atomic E-state index is 1.10. The summed E-state index contributed by atoms with van der Waals surface area (Å²) in [5.74, 6) is 0. The second-order valence-electron chi connectivity index (χ2n) is 6.90. The molecular weight excluding hydrogens is 336 g/mol. The number of nitrogens with zero attached hydrogens (tertiary/aromatic N) is 2. The molecule has 0 saturated heterocycles. The van der Waals surface area contributed by atoms with Gasteiger partial charge in [-0.3, -0.25) is 4.98 Å². The first-order chi connectivity index (χ1) is 12.9. The maximum Gasteiger partial charge on any atom is 0.0822 e. The van der Waals surface area contributed by atoms with E-state index in [2.05, 4.69) is 70.4 Å². The van der Waals surface area contributed by atoms with Crippen LogP contribution < -0.4 is 0 Å². The topological polar surface area (TPSA) is 17.3 Å². The molecule has 0 bridgehead atoms. The van der Waals surface area contributed by atoms with Gasteiger partial charge in [-0.1, -0.05) is 30.3 Å². The molecule has 4 heterocycles. The maximum absolute atomic E-state index is 4.81. The lowest BCUT2D eigenvalue weighted by molar-refractivity contribution is 1.34. The predicted octanol–water partition coefficient (Wildman–Crippen LogP) is 6.60. The molecule has 0 atom stereocenters. The third-order valence-corrected chi connectivity index (χ3v) is 6.51. The number of hydrogen-bond donors (Lipinski definition) is 0. The van der Waals surface area contributed by atoms with Crippen molar-refractivity contribution >= 4 is 70.4 Å². The number of pyridine rings is 2. The van der Waals surface area contributed by atoms with Gasteiger partial charge in [-0.25, -0.2) is 0 Å². The summed E-state index contributed by atoms with van der Waals surface area (Å²) < 4.78 is 3.76. The number of para-hydroxylation sites is 1. The van der Waals surface area contributed by atoms with E-state index in [-0.39, 0.29) is 0 Å². The number of thiophene rings is 1. The molecule has 0 aliphatic rings. The van der Waals surface area contributed by atoms with E-state index in [0.717, 1.165) is 5.52 Å². The molecule has 0 aliphatic carbocycles. The lowest BCUT2D eigenvalue weighted by atomic mass is 10.0. The third kappa shape index (κ3) is 1.39. The molecule has 0 spiro atoms. The highest BCUT2D eigenvalue weighted by Gasteiger charge is 2.18. The van der Waals surface area contributed by atoms with Gasteiger partial charge in [0.15, 0.2) is 0 Å². The van der Waals surface area contributed by atoms with Gasteiger partial charge in [0.25, 0.3) is 0 Å². The van der Waals surface area contributed by atoms with Crippen molar-refractivity contribution in [3.05, 3.63) is 72.2 Å². The van der Waals surface area contributed by atoms with E-state index < -0.39 is 0 Å². The average Bonchev–Trinajstić information content (AvgIpc) is 3.28. The Morgan fingerprint density at radius 1 is 0.769 bits per heavy atom. The molecule has 120 valence electrons. The van der Waals surface area contributed by atoms with E-state index in [0.29, 0.717) is 0 Å². The molecule has 0 N–H and O–H groups in total. The van der Waals surface area contributed by atoms with Crippen LogP contribution in [0, 0.1) is 0 Å². The van der Waals surface area contributed by atoms with Gasteiger partial charge in [-0.15, -0.1) is 11.3 Å². The van der Waals surface area contributed by atoms with Crippen LogP contribution in [-0.2, 0) is 0 Å². The van der Waals surface area contributed by atoms with Crippen LogP contribution >= 0.6 is 11.3 Å². The van der Waals surface area contributed by atoms with E-state index in [1.807, 2.05) is 6.20 Å². The van der Waals surface area contributed by atoms with Gasteiger partial charge in [0.05, 0.1) is 22.1 Å². The highest BCUT2D eigenvalue weighted by Crippen LogP contribution is 2.41. The first kappa shape index (κ1) is 13.1. The summed E-state index contributed by atoms with van der Waals surface area (Å²) in [5.41, 5.74) is 4.90. The fourth-order valence-electron chi connectivity index (χ4n) is 4.55. The Balaban J connectivity index is 1.99. The molecule has 26 heavy (non-hydrogen) atoms. The van der Waals surface area contributed by atoms with Crippen LogP contribution in [0.1, 0.15) is 0 Å². The second kappa shape index (κ2) is 4.32. The number of fused-ring (bicyclic) bond motifs is 7. The molecule has 0 aliphatic heterocycles. The molecule has 0 amide bonds. The van der Waals surface area contributed by atoms with Crippen LogP contribution in [0.2, 0.25) is 0 Å². The van der Waals surface area contributed by atoms with Gasteiger partial charge < -0.3 is 4.40 Å². The van der Waals surface area contributed by atoms with Gasteiger partial charge in [-0.05, 0) is 46.5 Å². The quantitative estimate of drug-likeness (QED) is 0.223. The first-order valence-electron chi connectivity index (χ1n) is 8.73. The van der Waals surface area contributed by atoms with Crippen molar-refractivity contribution < 1.29 is 0 Å². The standard InChI is InChI=1S/C23H12N2S/c1-2-4-18-15(3-1)16-6-5-13-7-9-24-22-17-11-14-8-10-26-20(14)12-19(17)25(18)23(16)21(13)22/h1-12H. The van der Waals surface area contributed by atoms with Crippen LogP contribution in [0.15, 0.2) is 72.2 Å². The molecule has 4 aromatic heterocycles. The lowest BCUT2D eigenvalue weighted by Crippen LogP contribution is -1.93. The molecular formula is C23H12N2S. The van der Waals surface area contributed by atoms with E-state index in [4.69, 9.17) is 4.98 Å². The van der Waals surface area contributed by atoms with Crippen LogP contribution in [0.4, 0.5) is 0 Å². The summed E-state index contributed by atoms with van der Waals surface area (Å²) in [4.78, 5) is 4.81. The normalized spacial score (nSPS) is 12.6. The molecule has 0 unspecified atom stereocenters. The summed E-state index contributed by atoms with van der Waals surface area (Å²) in [6.45, 7) is 0. The molecule has 2 nitrogen and oxygen atoms in total. The third-order valence-electron chi connectivity index (χ3n) is 5.63. The van der Waals surface area contributed by atoms with Crippen LogP contribution in [-0.4, -0.2) is 9.38 Å². The van der Waals surface area contributed by atoms with Crippen molar-refractivity contribution in [2.45, 2.75) is 0 Å². The number of aromatic nitrogens is 2. The van der Waals surface area contributed by atoms with E-state index in [1.165, 1.54) is 53.6 Å². The lowest BCUT2D eigenvalue weighted by Gasteiger charge is -2.12. The fraction of sp³-hybridized carbons (Fsp3) is 0. The summed E-state index contributed by atoms with van der Waals surface area (Å²) in [7, 11) is 0. The largest absolute Gasteiger partial charge is 0.308 e. The van der Waals surface area contributed by atoms with Crippen LogP contribution in [0.5, 0.6) is 0 Å². The zero-order chi connectivity index (χ0) is 16.8. The number of hydrogen-bond acceptors (Lipinski definition) is 2. The van der Waals surface area contributed by atoms with Gasteiger partial charge in [-0.2, -0.15) is 0 Å². The molecule has 3 heteroatoms. The van der Waals surface area contributed by atoms with Gasteiger partial charge in [0.1, 0.15) is 0 Å². The monoisotopic (exact) mass is 348 g/mol.